The summed E-state index contributed by atoms with van der Waals surface area (Å²) in [7, 11) is -6.04. The highest BCUT2D eigenvalue weighted by atomic mass is 32.2. The molecule has 0 unspecified atom stereocenters. The molecule has 0 spiro atoms. The standard InChI is InChI=1S/C18H21N3O5S2/c1-12-6-9-16(28(25,26)21-13-7-8-13)11-17(12)18(22)20-14-4-3-5-15(10-14)27(23,24)19-2/h3-6,9-11,13,19,21H,7-8H2,1-2H3,(H,20,22). The highest BCUT2D eigenvalue weighted by molar-refractivity contribution is 7.89. The van der Waals surface area contributed by atoms with Gasteiger partial charge in [0.2, 0.25) is 20.0 Å². The molecule has 1 aliphatic rings. The molecule has 150 valence electrons. The van der Waals surface area contributed by atoms with Gasteiger partial charge in [-0.25, -0.2) is 26.3 Å². The first-order valence-corrected chi connectivity index (χ1v) is 11.6. The molecule has 0 radical (unpaired) electrons. The first kappa shape index (κ1) is 20.5. The minimum Gasteiger partial charge on any atom is -0.322 e. The zero-order chi connectivity index (χ0) is 20.5. The van der Waals surface area contributed by atoms with E-state index in [1.165, 1.54) is 37.4 Å². The zero-order valence-corrected chi connectivity index (χ0v) is 17.0. The number of aryl methyl sites for hydroxylation is 1. The van der Waals surface area contributed by atoms with Crippen molar-refractivity contribution in [3.05, 3.63) is 53.6 Å². The Hall–Kier alpha value is -2.27. The van der Waals surface area contributed by atoms with Gasteiger partial charge >= 0.3 is 0 Å². The van der Waals surface area contributed by atoms with E-state index >= 15 is 0 Å². The molecule has 2 aromatic rings. The Morgan fingerprint density at radius 3 is 2.29 bits per heavy atom. The maximum atomic E-state index is 12.7. The average Bonchev–Trinajstić information content (AvgIpc) is 3.45. The van der Waals surface area contributed by atoms with Crippen molar-refractivity contribution in [2.24, 2.45) is 0 Å². The molecule has 1 fully saturated rings. The Labute approximate surface area is 164 Å². The van der Waals surface area contributed by atoms with Crippen molar-refractivity contribution in [1.82, 2.24) is 9.44 Å². The molecule has 0 atom stereocenters. The molecule has 0 saturated heterocycles. The number of anilines is 1. The summed E-state index contributed by atoms with van der Waals surface area (Å²) < 4.78 is 53.4. The number of hydrogen-bond donors (Lipinski definition) is 3. The van der Waals surface area contributed by atoms with Crippen LogP contribution in [0.4, 0.5) is 5.69 Å². The van der Waals surface area contributed by atoms with Crippen molar-refractivity contribution in [3.63, 3.8) is 0 Å². The molecule has 0 aliphatic heterocycles. The number of hydrogen-bond acceptors (Lipinski definition) is 5. The van der Waals surface area contributed by atoms with Crippen molar-refractivity contribution < 1.29 is 21.6 Å². The van der Waals surface area contributed by atoms with Gasteiger partial charge in [0, 0.05) is 17.3 Å². The van der Waals surface area contributed by atoms with Crippen molar-refractivity contribution in [2.75, 3.05) is 12.4 Å². The molecule has 28 heavy (non-hydrogen) atoms. The van der Waals surface area contributed by atoms with E-state index in [-0.39, 0.29) is 27.1 Å². The second-order valence-electron chi connectivity index (χ2n) is 6.56. The summed E-state index contributed by atoms with van der Waals surface area (Å²) in [5, 5.41) is 2.62. The number of sulfonamides is 2. The average molecular weight is 424 g/mol. The van der Waals surface area contributed by atoms with Crippen LogP contribution in [0.3, 0.4) is 0 Å². The van der Waals surface area contributed by atoms with Crippen LogP contribution >= 0.6 is 0 Å². The van der Waals surface area contributed by atoms with E-state index in [0.717, 1.165) is 12.8 Å². The topological polar surface area (TPSA) is 121 Å². The van der Waals surface area contributed by atoms with E-state index in [1.54, 1.807) is 19.1 Å². The van der Waals surface area contributed by atoms with Gasteiger partial charge in [0.05, 0.1) is 9.79 Å². The Morgan fingerprint density at radius 1 is 0.964 bits per heavy atom. The number of benzene rings is 2. The van der Waals surface area contributed by atoms with Crippen molar-refractivity contribution in [1.29, 1.82) is 0 Å². The van der Waals surface area contributed by atoms with Crippen LogP contribution in [0.15, 0.2) is 52.3 Å². The molecule has 0 aromatic heterocycles. The molecule has 0 bridgehead atoms. The largest absolute Gasteiger partial charge is 0.322 e. The fourth-order valence-electron chi connectivity index (χ4n) is 2.56. The Morgan fingerprint density at radius 2 is 1.64 bits per heavy atom. The van der Waals surface area contributed by atoms with Crippen LogP contribution in [-0.4, -0.2) is 35.8 Å². The van der Waals surface area contributed by atoms with Gasteiger partial charge < -0.3 is 5.32 Å². The van der Waals surface area contributed by atoms with Gasteiger partial charge in [0.25, 0.3) is 5.91 Å². The minimum atomic E-state index is -3.69. The lowest BCUT2D eigenvalue weighted by molar-refractivity contribution is 0.102. The highest BCUT2D eigenvalue weighted by Crippen LogP contribution is 2.24. The molecule has 1 amide bonds. The first-order chi connectivity index (χ1) is 13.1. The Kier molecular flexibility index (Phi) is 5.57. The minimum absolute atomic E-state index is 0.00878. The molecular formula is C18H21N3O5S2. The molecular weight excluding hydrogens is 402 g/mol. The van der Waals surface area contributed by atoms with E-state index in [4.69, 9.17) is 0 Å². The fourth-order valence-corrected chi connectivity index (χ4v) is 4.67. The quantitative estimate of drug-likeness (QED) is 0.624. The third-order valence-corrected chi connectivity index (χ3v) is 7.26. The second kappa shape index (κ2) is 7.63. The normalized spacial score (nSPS) is 14.6. The maximum absolute atomic E-state index is 12.7. The summed E-state index contributed by atoms with van der Waals surface area (Å²) in [6.45, 7) is 1.70. The van der Waals surface area contributed by atoms with Crippen LogP contribution in [0, 0.1) is 6.92 Å². The molecule has 0 heterocycles. The van der Waals surface area contributed by atoms with Crippen molar-refractivity contribution >= 4 is 31.6 Å². The molecule has 8 nitrogen and oxygen atoms in total. The van der Waals surface area contributed by atoms with Crippen molar-refractivity contribution in [2.45, 2.75) is 35.6 Å². The smallest absolute Gasteiger partial charge is 0.255 e. The number of nitrogens with one attached hydrogen (secondary N) is 3. The third kappa shape index (κ3) is 4.58. The molecule has 3 N–H and O–H groups in total. The van der Waals surface area contributed by atoms with Gasteiger partial charge in [-0.05, 0) is 62.7 Å². The van der Waals surface area contributed by atoms with Gasteiger partial charge in [-0.15, -0.1) is 0 Å². The number of carbonyl (C=O) groups excluding carboxylic acids is 1. The van der Waals surface area contributed by atoms with Gasteiger partial charge in [0.1, 0.15) is 0 Å². The van der Waals surface area contributed by atoms with Crippen LogP contribution in [-0.2, 0) is 20.0 Å². The SMILES string of the molecule is CNS(=O)(=O)c1cccc(NC(=O)c2cc(S(=O)(=O)NC3CC3)ccc2C)c1. The Bertz CT molecular complexity index is 1120. The summed E-state index contributed by atoms with van der Waals surface area (Å²) in [5.74, 6) is -0.528. The summed E-state index contributed by atoms with van der Waals surface area (Å²) >= 11 is 0. The van der Waals surface area contributed by atoms with E-state index in [9.17, 15) is 21.6 Å². The summed E-state index contributed by atoms with van der Waals surface area (Å²) in [6, 6.07) is 10.1. The summed E-state index contributed by atoms with van der Waals surface area (Å²) in [5.41, 5.74) is 1.08. The van der Waals surface area contributed by atoms with E-state index in [1.807, 2.05) is 0 Å². The third-order valence-electron chi connectivity index (χ3n) is 4.33. The van der Waals surface area contributed by atoms with Gasteiger partial charge in [-0.3, -0.25) is 4.79 Å². The molecule has 1 saturated carbocycles. The molecule has 2 aromatic carbocycles. The van der Waals surface area contributed by atoms with Crippen molar-refractivity contribution in [3.8, 4) is 0 Å². The maximum Gasteiger partial charge on any atom is 0.255 e. The zero-order valence-electron chi connectivity index (χ0n) is 15.4. The van der Waals surface area contributed by atoms with Gasteiger partial charge in [-0.2, -0.15) is 0 Å². The van der Waals surface area contributed by atoms with Crippen LogP contribution in [0.2, 0.25) is 0 Å². The number of amides is 1. The van der Waals surface area contributed by atoms with E-state index in [0.29, 0.717) is 5.56 Å². The lowest BCUT2D eigenvalue weighted by atomic mass is 10.1. The predicted octanol–water partition coefficient (Wildman–Crippen LogP) is 1.60. The monoisotopic (exact) mass is 423 g/mol. The van der Waals surface area contributed by atoms with Gasteiger partial charge in [0.15, 0.2) is 0 Å². The summed E-state index contributed by atoms with van der Waals surface area (Å²) in [6.07, 6.45) is 1.62. The first-order valence-electron chi connectivity index (χ1n) is 8.60. The lowest BCUT2D eigenvalue weighted by Crippen LogP contribution is -2.26. The van der Waals surface area contributed by atoms with Crippen LogP contribution < -0.4 is 14.8 Å². The van der Waals surface area contributed by atoms with E-state index in [2.05, 4.69) is 14.8 Å². The fraction of sp³-hybridized carbons (Fsp3) is 0.278. The lowest BCUT2D eigenvalue weighted by Gasteiger charge is -2.12. The predicted molar refractivity (Wildman–Crippen MR) is 105 cm³/mol. The summed E-state index contributed by atoms with van der Waals surface area (Å²) in [4.78, 5) is 12.7. The van der Waals surface area contributed by atoms with E-state index < -0.39 is 26.0 Å². The Balaban J connectivity index is 1.87. The van der Waals surface area contributed by atoms with Crippen LogP contribution in [0.25, 0.3) is 0 Å². The van der Waals surface area contributed by atoms with Gasteiger partial charge in [-0.1, -0.05) is 12.1 Å². The molecule has 1 aliphatic carbocycles. The molecule has 10 heteroatoms. The highest BCUT2D eigenvalue weighted by Gasteiger charge is 2.28. The van der Waals surface area contributed by atoms with Crippen LogP contribution in [0.5, 0.6) is 0 Å². The number of carbonyl (C=O) groups is 1. The van der Waals surface area contributed by atoms with Crippen LogP contribution in [0.1, 0.15) is 28.8 Å². The second-order valence-corrected chi connectivity index (χ2v) is 10.2. The molecule has 3 rings (SSSR count). The number of rotatable bonds is 7.